The van der Waals surface area contributed by atoms with Crippen LogP contribution in [0.4, 0.5) is 5.95 Å². The van der Waals surface area contributed by atoms with Crippen LogP contribution in [-0.4, -0.2) is 36.4 Å². The molecular weight excluding hydrogens is 270 g/mol. The number of aryl methyl sites for hydroxylation is 2. The average molecular weight is 287 g/mol. The SMILES string of the molecule is CCc1nn(C)cc1Cn1c(N)nc2c(OC)ncnc21. The number of nitrogens with two attached hydrogens (primary N) is 1. The standard InChI is InChI=1S/C13H17N7O/c1-4-9-8(5-19(2)18-9)6-20-11-10(17-13(20)14)12(21-3)16-7-15-11/h5,7H,4,6H2,1-3H3,(H2,14,17). The molecule has 0 saturated heterocycles. The van der Waals surface area contributed by atoms with Gasteiger partial charge in [-0.1, -0.05) is 6.92 Å². The van der Waals surface area contributed by atoms with Gasteiger partial charge in [0.15, 0.2) is 11.2 Å². The van der Waals surface area contributed by atoms with Gasteiger partial charge in [-0.3, -0.25) is 9.25 Å². The number of anilines is 1. The minimum absolute atomic E-state index is 0.384. The van der Waals surface area contributed by atoms with Crippen LogP contribution in [-0.2, 0) is 20.0 Å². The quantitative estimate of drug-likeness (QED) is 0.761. The molecular formula is C13H17N7O. The van der Waals surface area contributed by atoms with Gasteiger partial charge in [-0.15, -0.1) is 0 Å². The highest BCUT2D eigenvalue weighted by atomic mass is 16.5. The summed E-state index contributed by atoms with van der Waals surface area (Å²) in [5, 5.41) is 4.44. The van der Waals surface area contributed by atoms with Gasteiger partial charge < -0.3 is 10.5 Å². The molecule has 0 atom stereocenters. The number of hydrogen-bond donors (Lipinski definition) is 1. The molecule has 0 aliphatic carbocycles. The van der Waals surface area contributed by atoms with Gasteiger partial charge in [0.1, 0.15) is 6.33 Å². The van der Waals surface area contributed by atoms with Crippen LogP contribution in [0.5, 0.6) is 5.88 Å². The van der Waals surface area contributed by atoms with Crippen molar-refractivity contribution in [1.82, 2.24) is 29.3 Å². The summed E-state index contributed by atoms with van der Waals surface area (Å²) < 4.78 is 8.84. The van der Waals surface area contributed by atoms with Gasteiger partial charge in [0.25, 0.3) is 0 Å². The Balaban J connectivity index is 2.10. The minimum Gasteiger partial charge on any atom is -0.479 e. The van der Waals surface area contributed by atoms with Gasteiger partial charge in [0, 0.05) is 18.8 Å². The van der Waals surface area contributed by atoms with E-state index in [9.17, 15) is 0 Å². The number of hydrogen-bond acceptors (Lipinski definition) is 6. The summed E-state index contributed by atoms with van der Waals surface area (Å²) in [6.45, 7) is 2.64. The van der Waals surface area contributed by atoms with E-state index in [1.54, 1.807) is 11.8 Å². The van der Waals surface area contributed by atoms with Gasteiger partial charge in [0.05, 0.1) is 19.3 Å². The molecule has 0 aromatic carbocycles. The molecule has 2 N–H and O–H groups in total. The Bertz CT molecular complexity index is 789. The molecule has 0 aliphatic heterocycles. The number of rotatable bonds is 4. The Labute approximate surface area is 121 Å². The second kappa shape index (κ2) is 5.04. The molecule has 0 bridgehead atoms. The summed E-state index contributed by atoms with van der Waals surface area (Å²) in [6.07, 6.45) is 4.30. The predicted octanol–water partition coefficient (Wildman–Crippen LogP) is 0.761. The maximum atomic E-state index is 6.02. The number of aromatic nitrogens is 6. The summed E-state index contributed by atoms with van der Waals surface area (Å²) in [4.78, 5) is 12.6. The van der Waals surface area contributed by atoms with Crippen LogP contribution >= 0.6 is 0 Å². The molecule has 0 fully saturated rings. The monoisotopic (exact) mass is 287 g/mol. The zero-order chi connectivity index (χ0) is 15.0. The summed E-state index contributed by atoms with van der Waals surface area (Å²) in [6, 6.07) is 0. The Morgan fingerprint density at radius 1 is 1.33 bits per heavy atom. The van der Waals surface area contributed by atoms with E-state index in [2.05, 4.69) is 27.0 Å². The first-order valence-electron chi connectivity index (χ1n) is 6.66. The lowest BCUT2D eigenvalue weighted by Gasteiger charge is -2.05. The normalized spacial score (nSPS) is 11.2. The second-order valence-electron chi connectivity index (χ2n) is 4.74. The van der Waals surface area contributed by atoms with Crippen molar-refractivity contribution < 1.29 is 4.74 Å². The van der Waals surface area contributed by atoms with E-state index in [4.69, 9.17) is 10.5 Å². The molecule has 0 radical (unpaired) electrons. The maximum absolute atomic E-state index is 6.02. The van der Waals surface area contributed by atoms with Crippen molar-refractivity contribution in [3.63, 3.8) is 0 Å². The molecule has 3 heterocycles. The van der Waals surface area contributed by atoms with E-state index in [0.717, 1.165) is 17.7 Å². The van der Waals surface area contributed by atoms with Crippen molar-refractivity contribution in [3.05, 3.63) is 23.8 Å². The molecule has 110 valence electrons. The van der Waals surface area contributed by atoms with Crippen LogP contribution in [0.15, 0.2) is 12.5 Å². The molecule has 3 rings (SSSR count). The molecule has 0 aliphatic rings. The van der Waals surface area contributed by atoms with E-state index in [0.29, 0.717) is 29.5 Å². The number of methoxy groups -OCH3 is 1. The maximum Gasteiger partial charge on any atom is 0.245 e. The molecule has 3 aromatic heterocycles. The van der Waals surface area contributed by atoms with Crippen LogP contribution in [0.3, 0.4) is 0 Å². The van der Waals surface area contributed by atoms with Gasteiger partial charge >= 0.3 is 0 Å². The highest BCUT2D eigenvalue weighted by Gasteiger charge is 2.16. The fourth-order valence-corrected chi connectivity index (χ4v) is 2.42. The molecule has 3 aromatic rings. The molecule has 0 unspecified atom stereocenters. The van der Waals surface area contributed by atoms with Gasteiger partial charge in [-0.05, 0) is 6.42 Å². The van der Waals surface area contributed by atoms with E-state index in [1.807, 2.05) is 17.8 Å². The Hall–Kier alpha value is -2.64. The lowest BCUT2D eigenvalue weighted by atomic mass is 10.2. The van der Waals surface area contributed by atoms with Crippen molar-refractivity contribution >= 4 is 17.1 Å². The van der Waals surface area contributed by atoms with E-state index >= 15 is 0 Å². The fourth-order valence-electron chi connectivity index (χ4n) is 2.42. The highest BCUT2D eigenvalue weighted by Crippen LogP contribution is 2.24. The largest absolute Gasteiger partial charge is 0.479 e. The smallest absolute Gasteiger partial charge is 0.245 e. The van der Waals surface area contributed by atoms with Crippen molar-refractivity contribution in [3.8, 4) is 5.88 Å². The van der Waals surface area contributed by atoms with E-state index in [-0.39, 0.29) is 0 Å². The van der Waals surface area contributed by atoms with E-state index in [1.165, 1.54) is 6.33 Å². The first-order valence-corrected chi connectivity index (χ1v) is 6.66. The number of fused-ring (bicyclic) bond motifs is 1. The van der Waals surface area contributed by atoms with Gasteiger partial charge in [-0.2, -0.15) is 10.1 Å². The van der Waals surface area contributed by atoms with Crippen molar-refractivity contribution in [2.75, 3.05) is 12.8 Å². The Morgan fingerprint density at radius 3 is 2.86 bits per heavy atom. The molecule has 0 spiro atoms. The third kappa shape index (κ3) is 2.18. The molecule has 8 heteroatoms. The number of nitrogens with zero attached hydrogens (tertiary/aromatic N) is 6. The topological polar surface area (TPSA) is 96.7 Å². The first kappa shape index (κ1) is 13.3. The Kier molecular flexibility index (Phi) is 3.20. The lowest BCUT2D eigenvalue weighted by Crippen LogP contribution is -2.06. The predicted molar refractivity (Wildman–Crippen MR) is 78.0 cm³/mol. The van der Waals surface area contributed by atoms with Crippen molar-refractivity contribution in [2.45, 2.75) is 19.9 Å². The van der Waals surface area contributed by atoms with Crippen molar-refractivity contribution in [1.29, 1.82) is 0 Å². The highest BCUT2D eigenvalue weighted by molar-refractivity contribution is 5.79. The summed E-state index contributed by atoms with van der Waals surface area (Å²) in [5.74, 6) is 0.807. The van der Waals surface area contributed by atoms with Gasteiger partial charge in [0.2, 0.25) is 11.8 Å². The number of ether oxygens (including phenoxy) is 1. The second-order valence-corrected chi connectivity index (χ2v) is 4.74. The lowest BCUT2D eigenvalue weighted by molar-refractivity contribution is 0.401. The Morgan fingerprint density at radius 2 is 2.14 bits per heavy atom. The fraction of sp³-hybridized carbons (Fsp3) is 0.385. The number of imidazole rings is 1. The van der Waals surface area contributed by atoms with Crippen LogP contribution < -0.4 is 10.5 Å². The van der Waals surface area contributed by atoms with Crippen LogP contribution in [0, 0.1) is 0 Å². The molecule has 8 nitrogen and oxygen atoms in total. The zero-order valence-electron chi connectivity index (χ0n) is 12.2. The molecule has 0 saturated carbocycles. The van der Waals surface area contributed by atoms with Crippen molar-refractivity contribution in [2.24, 2.45) is 7.05 Å². The first-order chi connectivity index (χ1) is 10.1. The summed E-state index contributed by atoms with van der Waals surface area (Å²) in [7, 11) is 3.45. The third-order valence-corrected chi connectivity index (χ3v) is 3.38. The summed E-state index contributed by atoms with van der Waals surface area (Å²) in [5.41, 5.74) is 9.39. The van der Waals surface area contributed by atoms with Gasteiger partial charge in [-0.25, -0.2) is 9.97 Å². The molecule has 21 heavy (non-hydrogen) atoms. The minimum atomic E-state index is 0.384. The molecule has 0 amide bonds. The number of nitrogen functional groups attached to an aromatic ring is 1. The average Bonchev–Trinajstić information content (AvgIpc) is 2.99. The van der Waals surface area contributed by atoms with Crippen LogP contribution in [0.1, 0.15) is 18.2 Å². The van der Waals surface area contributed by atoms with Crippen LogP contribution in [0.2, 0.25) is 0 Å². The summed E-state index contributed by atoms with van der Waals surface area (Å²) >= 11 is 0. The van der Waals surface area contributed by atoms with Crippen LogP contribution in [0.25, 0.3) is 11.2 Å². The third-order valence-electron chi connectivity index (χ3n) is 3.38. The zero-order valence-corrected chi connectivity index (χ0v) is 12.2. The van der Waals surface area contributed by atoms with E-state index < -0.39 is 0 Å².